The molecule has 2 unspecified atom stereocenters. The third-order valence-corrected chi connectivity index (χ3v) is 3.66. The summed E-state index contributed by atoms with van der Waals surface area (Å²) < 4.78 is 0. The molecule has 86 valence electrons. The van der Waals surface area contributed by atoms with Crippen LogP contribution in [0.3, 0.4) is 0 Å². The molecule has 3 heteroatoms. The molecule has 0 saturated heterocycles. The minimum absolute atomic E-state index is 0.392. The van der Waals surface area contributed by atoms with Gasteiger partial charge in [0, 0.05) is 11.1 Å². The van der Waals surface area contributed by atoms with E-state index in [0.29, 0.717) is 6.04 Å². The van der Waals surface area contributed by atoms with Gasteiger partial charge in [0.15, 0.2) is 0 Å². The van der Waals surface area contributed by atoms with Crippen LogP contribution in [-0.2, 0) is 0 Å². The number of aromatic nitrogens is 1. The average Bonchev–Trinajstić information content (AvgIpc) is 2.62. The first-order valence-corrected chi connectivity index (χ1v) is 6.60. The summed E-state index contributed by atoms with van der Waals surface area (Å²) in [6, 6.07) is 0.392. The Morgan fingerprint density at radius 3 is 2.73 bits per heavy atom. The Morgan fingerprint density at radius 1 is 1.47 bits per heavy atom. The molecule has 0 aliphatic rings. The largest absolute Gasteiger partial charge is 0.308 e. The van der Waals surface area contributed by atoms with E-state index in [2.05, 4.69) is 38.0 Å². The van der Waals surface area contributed by atoms with Crippen molar-refractivity contribution in [3.8, 4) is 0 Å². The molecule has 0 spiro atoms. The molecule has 0 amide bonds. The van der Waals surface area contributed by atoms with Crippen molar-refractivity contribution < 1.29 is 0 Å². The summed E-state index contributed by atoms with van der Waals surface area (Å²) >= 11 is 1.79. The molecule has 0 saturated carbocycles. The van der Waals surface area contributed by atoms with Crippen molar-refractivity contribution in [1.29, 1.82) is 0 Å². The molecule has 1 N–H and O–H groups in total. The van der Waals surface area contributed by atoms with E-state index in [9.17, 15) is 0 Å². The predicted octanol–water partition coefficient (Wildman–Crippen LogP) is 3.54. The fraction of sp³-hybridized carbons (Fsp3) is 0.750. The lowest BCUT2D eigenvalue weighted by atomic mass is 10.1. The molecule has 1 aromatic heterocycles. The summed E-state index contributed by atoms with van der Waals surface area (Å²) in [5.74, 6) is 0.763. The first-order chi connectivity index (χ1) is 7.13. The van der Waals surface area contributed by atoms with Gasteiger partial charge < -0.3 is 5.32 Å². The summed E-state index contributed by atoms with van der Waals surface area (Å²) in [6.45, 7) is 9.93. The van der Waals surface area contributed by atoms with Gasteiger partial charge in [-0.25, -0.2) is 4.98 Å². The predicted molar refractivity (Wildman–Crippen MR) is 67.3 cm³/mol. The van der Waals surface area contributed by atoms with Crippen molar-refractivity contribution >= 4 is 11.3 Å². The van der Waals surface area contributed by atoms with Crippen LogP contribution in [0, 0.1) is 12.8 Å². The topological polar surface area (TPSA) is 24.9 Å². The first-order valence-electron chi connectivity index (χ1n) is 5.79. The van der Waals surface area contributed by atoms with E-state index < -0.39 is 0 Å². The highest BCUT2D eigenvalue weighted by Crippen LogP contribution is 2.19. The summed E-state index contributed by atoms with van der Waals surface area (Å²) in [5.41, 5.74) is 0. The molecule has 0 aliphatic heterocycles. The molecule has 0 radical (unpaired) electrons. The first kappa shape index (κ1) is 12.7. The van der Waals surface area contributed by atoms with Crippen LogP contribution in [0.2, 0.25) is 0 Å². The minimum atomic E-state index is 0.392. The van der Waals surface area contributed by atoms with Gasteiger partial charge in [-0.05, 0) is 32.7 Å². The van der Waals surface area contributed by atoms with Crippen LogP contribution in [-0.4, -0.2) is 11.5 Å². The second-order valence-electron chi connectivity index (χ2n) is 4.33. The van der Waals surface area contributed by atoms with Gasteiger partial charge in [0.2, 0.25) is 0 Å². The maximum absolute atomic E-state index is 4.40. The molecule has 2 atom stereocenters. The standard InChI is InChI=1S/C12H22N2S/c1-5-6-9(2)7-13-11(4)12-14-8-10(3)15-12/h8-9,11,13H,5-7H2,1-4H3. The number of nitrogens with zero attached hydrogens (tertiary/aromatic N) is 1. The summed E-state index contributed by atoms with van der Waals surface area (Å²) in [6.07, 6.45) is 4.53. The number of nitrogens with one attached hydrogen (secondary N) is 1. The van der Waals surface area contributed by atoms with Gasteiger partial charge in [-0.15, -0.1) is 11.3 Å². The summed E-state index contributed by atoms with van der Waals surface area (Å²) in [4.78, 5) is 5.69. The molecule has 1 rings (SSSR count). The molecular formula is C12H22N2S. The summed E-state index contributed by atoms with van der Waals surface area (Å²) in [5, 5.41) is 4.75. The highest BCUT2D eigenvalue weighted by molar-refractivity contribution is 7.11. The van der Waals surface area contributed by atoms with Gasteiger partial charge in [0.1, 0.15) is 5.01 Å². The molecule has 1 aromatic rings. The number of hydrogen-bond donors (Lipinski definition) is 1. The molecule has 0 bridgehead atoms. The molecular weight excluding hydrogens is 204 g/mol. The van der Waals surface area contributed by atoms with E-state index in [1.807, 2.05) is 6.20 Å². The highest BCUT2D eigenvalue weighted by Gasteiger charge is 2.09. The van der Waals surface area contributed by atoms with Gasteiger partial charge in [-0.1, -0.05) is 20.3 Å². The molecule has 1 heterocycles. The Bertz CT molecular complexity index is 283. The van der Waals surface area contributed by atoms with E-state index in [-0.39, 0.29) is 0 Å². The van der Waals surface area contributed by atoms with Gasteiger partial charge >= 0.3 is 0 Å². The Labute approximate surface area is 97.1 Å². The van der Waals surface area contributed by atoms with Crippen LogP contribution in [0.15, 0.2) is 6.20 Å². The SMILES string of the molecule is CCCC(C)CNC(C)c1ncc(C)s1. The molecule has 0 fully saturated rings. The van der Waals surface area contributed by atoms with Crippen LogP contribution in [0.25, 0.3) is 0 Å². The van der Waals surface area contributed by atoms with Crippen LogP contribution in [0.1, 0.15) is 49.5 Å². The second-order valence-corrected chi connectivity index (χ2v) is 5.60. The van der Waals surface area contributed by atoms with Gasteiger partial charge in [0.05, 0.1) is 6.04 Å². The van der Waals surface area contributed by atoms with E-state index in [0.717, 1.165) is 12.5 Å². The third-order valence-electron chi connectivity index (χ3n) is 2.56. The zero-order chi connectivity index (χ0) is 11.3. The molecule has 0 aromatic carbocycles. The van der Waals surface area contributed by atoms with E-state index >= 15 is 0 Å². The highest BCUT2D eigenvalue weighted by atomic mass is 32.1. The van der Waals surface area contributed by atoms with Crippen LogP contribution < -0.4 is 5.32 Å². The van der Waals surface area contributed by atoms with Crippen molar-refractivity contribution in [1.82, 2.24) is 10.3 Å². The molecule has 2 nitrogen and oxygen atoms in total. The Kier molecular flexibility index (Phi) is 5.26. The minimum Gasteiger partial charge on any atom is -0.308 e. The monoisotopic (exact) mass is 226 g/mol. The Balaban J connectivity index is 2.33. The van der Waals surface area contributed by atoms with Crippen LogP contribution in [0.5, 0.6) is 0 Å². The average molecular weight is 226 g/mol. The smallest absolute Gasteiger partial charge is 0.109 e. The van der Waals surface area contributed by atoms with Crippen LogP contribution in [0.4, 0.5) is 0 Å². The number of thiazole rings is 1. The van der Waals surface area contributed by atoms with Crippen LogP contribution >= 0.6 is 11.3 Å². The molecule has 0 aliphatic carbocycles. The lowest BCUT2D eigenvalue weighted by Gasteiger charge is -2.15. The number of hydrogen-bond acceptors (Lipinski definition) is 3. The van der Waals surface area contributed by atoms with Crippen molar-refractivity contribution in [3.63, 3.8) is 0 Å². The Hall–Kier alpha value is -0.410. The fourth-order valence-corrected chi connectivity index (χ4v) is 2.43. The fourth-order valence-electron chi connectivity index (χ4n) is 1.63. The van der Waals surface area contributed by atoms with Crippen molar-refractivity contribution in [2.24, 2.45) is 5.92 Å². The summed E-state index contributed by atoms with van der Waals surface area (Å²) in [7, 11) is 0. The van der Waals surface area contributed by atoms with E-state index in [1.54, 1.807) is 11.3 Å². The van der Waals surface area contributed by atoms with Crippen molar-refractivity contribution in [2.45, 2.75) is 46.6 Å². The quantitative estimate of drug-likeness (QED) is 0.802. The Morgan fingerprint density at radius 2 is 2.20 bits per heavy atom. The van der Waals surface area contributed by atoms with Crippen molar-refractivity contribution in [3.05, 3.63) is 16.1 Å². The van der Waals surface area contributed by atoms with E-state index in [1.165, 1.54) is 22.7 Å². The third kappa shape index (κ3) is 4.31. The zero-order valence-corrected chi connectivity index (χ0v) is 11.0. The lowest BCUT2D eigenvalue weighted by molar-refractivity contribution is 0.443. The van der Waals surface area contributed by atoms with Gasteiger partial charge in [-0.3, -0.25) is 0 Å². The second kappa shape index (κ2) is 6.23. The van der Waals surface area contributed by atoms with Gasteiger partial charge in [-0.2, -0.15) is 0 Å². The normalized spacial score (nSPS) is 15.2. The van der Waals surface area contributed by atoms with E-state index in [4.69, 9.17) is 0 Å². The number of aryl methyl sites for hydroxylation is 1. The number of rotatable bonds is 6. The van der Waals surface area contributed by atoms with Gasteiger partial charge in [0.25, 0.3) is 0 Å². The van der Waals surface area contributed by atoms with Crippen molar-refractivity contribution in [2.75, 3.05) is 6.54 Å². The maximum atomic E-state index is 4.40. The maximum Gasteiger partial charge on any atom is 0.109 e. The lowest BCUT2D eigenvalue weighted by Crippen LogP contribution is -2.24. The molecule has 15 heavy (non-hydrogen) atoms. The zero-order valence-electron chi connectivity index (χ0n) is 10.2.